The zero-order valence-corrected chi connectivity index (χ0v) is 11.9. The lowest BCUT2D eigenvalue weighted by Gasteiger charge is -2.09. The van der Waals surface area contributed by atoms with Gasteiger partial charge in [-0.15, -0.1) is 0 Å². The molecule has 21 heavy (non-hydrogen) atoms. The molecule has 1 rings (SSSR count). The lowest BCUT2D eigenvalue weighted by molar-refractivity contribution is -0.383. The van der Waals surface area contributed by atoms with Crippen LogP contribution in [0.3, 0.4) is 0 Å². The predicted molar refractivity (Wildman–Crippen MR) is 76.2 cm³/mol. The van der Waals surface area contributed by atoms with Crippen molar-refractivity contribution in [1.29, 1.82) is 0 Å². The summed E-state index contributed by atoms with van der Waals surface area (Å²) in [5, 5.41) is 19.1. The molecule has 1 heterocycles. The third-order valence-corrected chi connectivity index (χ3v) is 2.39. The van der Waals surface area contributed by atoms with E-state index < -0.39 is 4.92 Å². The molecule has 10 nitrogen and oxygen atoms in total. The maximum absolute atomic E-state index is 11.5. The summed E-state index contributed by atoms with van der Waals surface area (Å²) in [5.41, 5.74) is -0.288. The molecule has 0 aromatic carbocycles. The van der Waals surface area contributed by atoms with Gasteiger partial charge >= 0.3 is 5.69 Å². The number of ether oxygens (including phenoxy) is 1. The van der Waals surface area contributed by atoms with E-state index in [9.17, 15) is 14.9 Å². The van der Waals surface area contributed by atoms with Crippen LogP contribution in [0.15, 0.2) is 6.33 Å². The minimum absolute atomic E-state index is 0.00663. The van der Waals surface area contributed by atoms with E-state index in [4.69, 9.17) is 4.74 Å². The number of rotatable bonds is 9. The Morgan fingerprint density at radius 2 is 2.05 bits per heavy atom. The lowest BCUT2D eigenvalue weighted by atomic mass is 10.4. The number of amides is 1. The van der Waals surface area contributed by atoms with Crippen LogP contribution in [0.2, 0.25) is 0 Å². The monoisotopic (exact) mass is 298 g/mol. The number of hydrogen-bond acceptors (Lipinski definition) is 8. The smallest absolute Gasteiger partial charge is 0.353 e. The first-order valence-corrected chi connectivity index (χ1v) is 6.32. The molecule has 1 amide bonds. The van der Waals surface area contributed by atoms with E-state index >= 15 is 0 Å². The number of carbonyl (C=O) groups is 1. The van der Waals surface area contributed by atoms with Crippen LogP contribution in [0, 0.1) is 10.1 Å². The largest absolute Gasteiger partial charge is 0.383 e. The molecule has 0 aliphatic rings. The SMILES string of the molecule is CCNc1ncnc(NCC(=O)NCCOC)c1[N+](=O)[O-]. The van der Waals surface area contributed by atoms with Gasteiger partial charge in [-0.3, -0.25) is 14.9 Å². The highest BCUT2D eigenvalue weighted by Crippen LogP contribution is 2.28. The topological polar surface area (TPSA) is 131 Å². The van der Waals surface area contributed by atoms with Gasteiger partial charge in [0.15, 0.2) is 0 Å². The minimum Gasteiger partial charge on any atom is -0.383 e. The second-order valence-electron chi connectivity index (χ2n) is 3.90. The molecule has 0 aliphatic carbocycles. The maximum Gasteiger partial charge on any atom is 0.353 e. The third kappa shape index (κ3) is 5.18. The van der Waals surface area contributed by atoms with Crippen LogP contribution < -0.4 is 16.0 Å². The van der Waals surface area contributed by atoms with Gasteiger partial charge in [0.2, 0.25) is 17.5 Å². The predicted octanol–water partition coefficient (Wildman–Crippen LogP) is -0.00890. The summed E-state index contributed by atoms with van der Waals surface area (Å²) in [5.74, 6) is -0.211. The Labute approximate surface area is 121 Å². The van der Waals surface area contributed by atoms with Crippen molar-refractivity contribution in [3.63, 3.8) is 0 Å². The number of nitrogens with zero attached hydrogens (tertiary/aromatic N) is 3. The Morgan fingerprint density at radius 1 is 1.38 bits per heavy atom. The Morgan fingerprint density at radius 3 is 2.62 bits per heavy atom. The van der Waals surface area contributed by atoms with E-state index in [-0.39, 0.29) is 29.8 Å². The van der Waals surface area contributed by atoms with E-state index in [0.29, 0.717) is 19.7 Å². The van der Waals surface area contributed by atoms with Crippen molar-refractivity contribution in [2.75, 3.05) is 44.0 Å². The zero-order chi connectivity index (χ0) is 15.7. The molecule has 0 atom stereocenters. The summed E-state index contributed by atoms with van der Waals surface area (Å²) in [6.07, 6.45) is 1.19. The van der Waals surface area contributed by atoms with Gasteiger partial charge in [-0.25, -0.2) is 9.97 Å². The van der Waals surface area contributed by atoms with Gasteiger partial charge in [0.05, 0.1) is 18.1 Å². The summed E-state index contributed by atoms with van der Waals surface area (Å²) in [6, 6.07) is 0. The highest BCUT2D eigenvalue weighted by Gasteiger charge is 2.22. The molecule has 0 fully saturated rings. The van der Waals surface area contributed by atoms with E-state index in [2.05, 4.69) is 25.9 Å². The fourth-order valence-corrected chi connectivity index (χ4v) is 1.50. The summed E-state index contributed by atoms with van der Waals surface area (Å²) >= 11 is 0. The van der Waals surface area contributed by atoms with Crippen LogP contribution >= 0.6 is 0 Å². The number of nitro groups is 1. The second-order valence-corrected chi connectivity index (χ2v) is 3.90. The average molecular weight is 298 g/mol. The molecule has 0 radical (unpaired) electrons. The van der Waals surface area contributed by atoms with Crippen LogP contribution in [-0.4, -0.2) is 54.1 Å². The standard InChI is InChI=1S/C11H18N6O4/c1-3-12-10-9(17(19)20)11(16-7-15-10)14-6-8(18)13-4-5-21-2/h7H,3-6H2,1-2H3,(H,13,18)(H2,12,14,15,16). The van der Waals surface area contributed by atoms with Crippen LogP contribution in [0.4, 0.5) is 17.3 Å². The van der Waals surface area contributed by atoms with Crippen molar-refractivity contribution < 1.29 is 14.5 Å². The fraction of sp³-hybridized carbons (Fsp3) is 0.545. The van der Waals surface area contributed by atoms with Crippen molar-refractivity contribution in [3.05, 3.63) is 16.4 Å². The molecule has 0 saturated heterocycles. The van der Waals surface area contributed by atoms with Crippen molar-refractivity contribution in [2.24, 2.45) is 0 Å². The quantitative estimate of drug-likeness (QED) is 0.329. The van der Waals surface area contributed by atoms with Gasteiger partial charge in [0.1, 0.15) is 6.33 Å². The molecule has 116 valence electrons. The van der Waals surface area contributed by atoms with Crippen LogP contribution in [0.25, 0.3) is 0 Å². The summed E-state index contributed by atoms with van der Waals surface area (Å²) in [6.45, 7) is 2.90. The van der Waals surface area contributed by atoms with E-state index in [1.54, 1.807) is 6.92 Å². The molecule has 10 heteroatoms. The molecule has 0 aliphatic heterocycles. The molecular weight excluding hydrogens is 280 g/mol. The number of anilines is 2. The average Bonchev–Trinajstić information content (AvgIpc) is 2.45. The van der Waals surface area contributed by atoms with Crippen molar-refractivity contribution in [2.45, 2.75) is 6.92 Å². The molecule has 3 N–H and O–H groups in total. The van der Waals surface area contributed by atoms with E-state index in [0.717, 1.165) is 0 Å². The van der Waals surface area contributed by atoms with Gasteiger partial charge in [-0.1, -0.05) is 0 Å². The normalized spacial score (nSPS) is 10.0. The molecular formula is C11H18N6O4. The van der Waals surface area contributed by atoms with Gasteiger partial charge in [0.25, 0.3) is 0 Å². The van der Waals surface area contributed by atoms with Gasteiger partial charge in [-0.05, 0) is 6.92 Å². The third-order valence-electron chi connectivity index (χ3n) is 2.39. The molecule has 0 spiro atoms. The minimum atomic E-state index is -0.594. The lowest BCUT2D eigenvalue weighted by Crippen LogP contribution is -2.32. The van der Waals surface area contributed by atoms with Gasteiger partial charge < -0.3 is 20.7 Å². The van der Waals surface area contributed by atoms with Crippen LogP contribution in [0.1, 0.15) is 6.92 Å². The molecule has 0 unspecified atom stereocenters. The number of hydrogen-bond donors (Lipinski definition) is 3. The Bertz CT molecular complexity index is 496. The van der Waals surface area contributed by atoms with E-state index in [1.807, 2.05) is 0 Å². The van der Waals surface area contributed by atoms with E-state index in [1.165, 1.54) is 13.4 Å². The van der Waals surface area contributed by atoms with Crippen LogP contribution in [-0.2, 0) is 9.53 Å². The maximum atomic E-state index is 11.5. The number of carbonyl (C=O) groups excluding carboxylic acids is 1. The Balaban J connectivity index is 2.72. The number of aromatic nitrogens is 2. The Hall–Kier alpha value is -2.49. The van der Waals surface area contributed by atoms with Gasteiger partial charge in [0, 0.05) is 20.2 Å². The van der Waals surface area contributed by atoms with Crippen molar-refractivity contribution in [3.8, 4) is 0 Å². The zero-order valence-electron chi connectivity index (χ0n) is 11.9. The summed E-state index contributed by atoms with van der Waals surface area (Å²) < 4.78 is 4.79. The first-order chi connectivity index (χ1) is 10.1. The van der Waals surface area contributed by atoms with Crippen molar-refractivity contribution in [1.82, 2.24) is 15.3 Å². The summed E-state index contributed by atoms with van der Waals surface area (Å²) in [4.78, 5) is 29.7. The first-order valence-electron chi connectivity index (χ1n) is 6.32. The van der Waals surface area contributed by atoms with Crippen molar-refractivity contribution >= 4 is 23.2 Å². The Kier molecular flexibility index (Phi) is 6.81. The highest BCUT2D eigenvalue weighted by molar-refractivity contribution is 5.82. The molecule has 0 saturated carbocycles. The fourth-order valence-electron chi connectivity index (χ4n) is 1.50. The molecule has 1 aromatic heterocycles. The molecule has 0 bridgehead atoms. The number of nitrogens with one attached hydrogen (secondary N) is 3. The molecule has 1 aromatic rings. The number of methoxy groups -OCH3 is 1. The highest BCUT2D eigenvalue weighted by atomic mass is 16.6. The van der Waals surface area contributed by atoms with Gasteiger partial charge in [-0.2, -0.15) is 0 Å². The first kappa shape index (κ1) is 16.6. The summed E-state index contributed by atoms with van der Waals surface area (Å²) in [7, 11) is 1.52. The van der Waals surface area contributed by atoms with Crippen LogP contribution in [0.5, 0.6) is 0 Å². The second kappa shape index (κ2) is 8.64.